The molecule has 4 rings (SSSR count). The fraction of sp³-hybridized carbons (Fsp3) is 0.609. The highest BCUT2D eigenvalue weighted by atomic mass is 32.1. The second-order valence-corrected chi connectivity index (χ2v) is 10.2. The summed E-state index contributed by atoms with van der Waals surface area (Å²) in [6, 6.07) is 4.02. The lowest BCUT2D eigenvalue weighted by Crippen LogP contribution is -2.40. The molecule has 2 aliphatic carbocycles. The molecule has 1 saturated carbocycles. The lowest BCUT2D eigenvalue weighted by molar-refractivity contribution is -0.153. The lowest BCUT2D eigenvalue weighted by atomic mass is 9.68. The molecule has 3 aliphatic rings. The number of hydrogen-bond acceptors (Lipinski definition) is 5. The highest BCUT2D eigenvalue weighted by molar-refractivity contribution is 7.10. The summed E-state index contributed by atoms with van der Waals surface area (Å²) >= 11 is 1.61. The molecule has 4 nitrogen and oxygen atoms in total. The van der Waals surface area contributed by atoms with E-state index in [0.29, 0.717) is 6.42 Å². The zero-order valence-electron chi connectivity index (χ0n) is 17.0. The highest BCUT2D eigenvalue weighted by Crippen LogP contribution is 2.48. The van der Waals surface area contributed by atoms with E-state index < -0.39 is 5.92 Å². The Kier molecular flexibility index (Phi) is 5.30. The van der Waals surface area contributed by atoms with Crippen molar-refractivity contribution in [2.75, 3.05) is 0 Å². The van der Waals surface area contributed by atoms with E-state index in [2.05, 4.69) is 13.8 Å². The van der Waals surface area contributed by atoms with Crippen molar-refractivity contribution in [2.24, 2.45) is 16.3 Å². The molecule has 0 amide bonds. The molecule has 1 aliphatic heterocycles. The fourth-order valence-electron chi connectivity index (χ4n) is 4.95. The maximum Gasteiger partial charge on any atom is 0.315 e. The van der Waals surface area contributed by atoms with Gasteiger partial charge in [0.15, 0.2) is 5.78 Å². The van der Waals surface area contributed by atoms with E-state index in [1.54, 1.807) is 11.3 Å². The number of ketones is 1. The van der Waals surface area contributed by atoms with Gasteiger partial charge in [0.1, 0.15) is 12.0 Å². The Morgan fingerprint density at radius 3 is 2.64 bits per heavy atom. The van der Waals surface area contributed by atoms with Gasteiger partial charge < -0.3 is 4.74 Å². The molecule has 0 radical (unpaired) electrons. The van der Waals surface area contributed by atoms with Gasteiger partial charge in [-0.3, -0.25) is 14.6 Å². The van der Waals surface area contributed by atoms with Crippen molar-refractivity contribution in [3.05, 3.63) is 33.7 Å². The van der Waals surface area contributed by atoms with Crippen LogP contribution in [-0.4, -0.2) is 23.6 Å². The topological polar surface area (TPSA) is 55.7 Å². The maximum absolute atomic E-state index is 13.3. The second kappa shape index (κ2) is 7.58. The molecule has 5 heteroatoms. The number of rotatable bonds is 3. The van der Waals surface area contributed by atoms with Gasteiger partial charge in [0.25, 0.3) is 0 Å². The third-order valence-corrected chi connectivity index (χ3v) is 7.20. The first kappa shape index (κ1) is 19.6. The van der Waals surface area contributed by atoms with Gasteiger partial charge in [0.2, 0.25) is 0 Å². The summed E-state index contributed by atoms with van der Waals surface area (Å²) in [5, 5.41) is 2.01. The Bertz CT molecular complexity index is 828. The Hall–Kier alpha value is -1.75. The van der Waals surface area contributed by atoms with Crippen LogP contribution in [0.2, 0.25) is 0 Å². The average molecular weight is 400 g/mol. The van der Waals surface area contributed by atoms with E-state index in [4.69, 9.17) is 9.73 Å². The smallest absolute Gasteiger partial charge is 0.315 e. The molecule has 1 fully saturated rings. The molecule has 2 atom stereocenters. The van der Waals surface area contributed by atoms with E-state index >= 15 is 0 Å². The van der Waals surface area contributed by atoms with Crippen LogP contribution in [0.1, 0.15) is 76.5 Å². The molecule has 28 heavy (non-hydrogen) atoms. The van der Waals surface area contributed by atoms with Crippen LogP contribution in [0.5, 0.6) is 0 Å². The van der Waals surface area contributed by atoms with Gasteiger partial charge >= 0.3 is 5.97 Å². The largest absolute Gasteiger partial charge is 0.462 e. The Balaban J connectivity index is 1.70. The third kappa shape index (κ3) is 3.73. The van der Waals surface area contributed by atoms with Gasteiger partial charge in [0.05, 0.1) is 0 Å². The quantitative estimate of drug-likeness (QED) is 0.636. The first-order chi connectivity index (χ1) is 13.4. The number of carbonyl (C=O) groups excluding carboxylic acids is 2. The predicted octanol–water partition coefficient (Wildman–Crippen LogP) is 5.44. The van der Waals surface area contributed by atoms with Crippen molar-refractivity contribution in [3.8, 4) is 0 Å². The lowest BCUT2D eigenvalue weighted by Gasteiger charge is -2.38. The Morgan fingerprint density at radius 1 is 1.21 bits per heavy atom. The van der Waals surface area contributed by atoms with Gasteiger partial charge in [-0.05, 0) is 55.9 Å². The molecule has 0 aromatic carbocycles. The van der Waals surface area contributed by atoms with E-state index in [1.807, 2.05) is 24.4 Å². The van der Waals surface area contributed by atoms with Crippen molar-refractivity contribution in [2.45, 2.75) is 77.7 Å². The number of ether oxygens (including phenoxy) is 1. The number of Topliss-reactive ketones (excluding diaryl/α,β-unsaturated/α-hetero) is 1. The Morgan fingerprint density at radius 2 is 1.96 bits per heavy atom. The van der Waals surface area contributed by atoms with Gasteiger partial charge in [-0.2, -0.15) is 0 Å². The molecule has 0 saturated heterocycles. The van der Waals surface area contributed by atoms with Crippen LogP contribution < -0.4 is 0 Å². The number of nitrogens with zero attached hydrogens (tertiary/aromatic N) is 1. The minimum atomic E-state index is -0.496. The number of thiophene rings is 1. The number of allylic oxidation sites excluding steroid dienone is 2. The molecule has 0 spiro atoms. The molecule has 0 N–H and O–H groups in total. The molecular formula is C23H29NO3S. The van der Waals surface area contributed by atoms with Crippen molar-refractivity contribution >= 4 is 28.8 Å². The monoisotopic (exact) mass is 399 g/mol. The summed E-state index contributed by atoms with van der Waals surface area (Å²) in [5.74, 6) is -0.830. The number of esters is 1. The first-order valence-electron chi connectivity index (χ1n) is 10.4. The zero-order valence-corrected chi connectivity index (χ0v) is 17.8. The first-order valence-corrected chi connectivity index (χ1v) is 11.3. The molecular weight excluding hydrogens is 370 g/mol. The van der Waals surface area contributed by atoms with Crippen molar-refractivity contribution in [1.29, 1.82) is 0 Å². The van der Waals surface area contributed by atoms with E-state index in [9.17, 15) is 9.59 Å². The summed E-state index contributed by atoms with van der Waals surface area (Å²) in [7, 11) is 0. The van der Waals surface area contributed by atoms with Crippen LogP contribution in [0.15, 0.2) is 33.8 Å². The summed E-state index contributed by atoms with van der Waals surface area (Å²) in [6.45, 7) is 6.15. The van der Waals surface area contributed by atoms with Crippen molar-refractivity contribution < 1.29 is 14.3 Å². The minimum Gasteiger partial charge on any atom is -0.462 e. The average Bonchev–Trinajstić information content (AvgIpc) is 3.14. The summed E-state index contributed by atoms with van der Waals surface area (Å²) in [5.41, 5.74) is 2.31. The summed E-state index contributed by atoms with van der Waals surface area (Å²) in [4.78, 5) is 32.2. The third-order valence-electron chi connectivity index (χ3n) is 6.24. The fourth-order valence-corrected chi connectivity index (χ4v) is 5.82. The van der Waals surface area contributed by atoms with Gasteiger partial charge in [-0.25, -0.2) is 0 Å². The summed E-state index contributed by atoms with van der Waals surface area (Å²) in [6.07, 6.45) is 6.63. The minimum absolute atomic E-state index is 0.00871. The standard InChI is InChI=1S/C23H29NO3S/c1-14-19(22(26)27-15-8-5-4-6-9-15)21(18-10-7-11-28-18)20-16(24-14)12-23(2,3)13-17(20)25/h7,10-11,15,19,21H,4-6,8-9,12-13H2,1-3H3/t19?,21-/m1/s1. The van der Waals surface area contributed by atoms with E-state index in [0.717, 1.165) is 54.0 Å². The van der Waals surface area contributed by atoms with Crippen LogP contribution in [0.4, 0.5) is 0 Å². The molecule has 1 aromatic heterocycles. The van der Waals surface area contributed by atoms with E-state index in [-0.39, 0.29) is 29.2 Å². The number of carbonyl (C=O) groups is 2. The molecule has 2 heterocycles. The number of hydrogen-bond donors (Lipinski definition) is 0. The van der Waals surface area contributed by atoms with E-state index in [1.165, 1.54) is 6.42 Å². The maximum atomic E-state index is 13.3. The summed E-state index contributed by atoms with van der Waals surface area (Å²) < 4.78 is 5.94. The highest BCUT2D eigenvalue weighted by Gasteiger charge is 2.46. The van der Waals surface area contributed by atoms with Crippen LogP contribution in [0.3, 0.4) is 0 Å². The van der Waals surface area contributed by atoms with Crippen molar-refractivity contribution in [1.82, 2.24) is 0 Å². The predicted molar refractivity (Wildman–Crippen MR) is 112 cm³/mol. The van der Waals surface area contributed by atoms with Gasteiger partial charge in [0, 0.05) is 34.2 Å². The van der Waals surface area contributed by atoms with Crippen LogP contribution >= 0.6 is 11.3 Å². The van der Waals surface area contributed by atoms with Gasteiger partial charge in [-0.15, -0.1) is 11.3 Å². The Labute approximate surface area is 171 Å². The second-order valence-electron chi connectivity index (χ2n) is 9.22. The molecule has 150 valence electrons. The SMILES string of the molecule is CC1=NC2=C(C(=O)CC(C)(C)C2)[C@H](c2cccs2)C1C(=O)OC1CCCCC1. The van der Waals surface area contributed by atoms with Gasteiger partial charge in [-0.1, -0.05) is 26.3 Å². The normalized spacial score (nSPS) is 28.0. The van der Waals surface area contributed by atoms with Crippen molar-refractivity contribution in [3.63, 3.8) is 0 Å². The van der Waals surface area contributed by atoms with Crippen LogP contribution in [0.25, 0.3) is 0 Å². The van der Waals surface area contributed by atoms with Crippen LogP contribution in [0, 0.1) is 11.3 Å². The zero-order chi connectivity index (χ0) is 19.9. The molecule has 1 unspecified atom stereocenters. The molecule has 1 aromatic rings. The number of aliphatic imine (C=N–C) groups is 1. The van der Waals surface area contributed by atoms with Crippen LogP contribution in [-0.2, 0) is 14.3 Å². The molecule has 0 bridgehead atoms.